The molecule has 0 radical (unpaired) electrons. The van der Waals surface area contributed by atoms with E-state index in [1.807, 2.05) is 32.0 Å². The first-order valence-corrected chi connectivity index (χ1v) is 9.56. The summed E-state index contributed by atoms with van der Waals surface area (Å²) in [6.07, 6.45) is 3.07. The monoisotopic (exact) mass is 321 g/mol. The predicted molar refractivity (Wildman–Crippen MR) is 89.3 cm³/mol. The fraction of sp³-hybridized carbons (Fsp3) is 0.667. The first kappa shape index (κ1) is 16.0. The van der Waals surface area contributed by atoms with Crippen molar-refractivity contribution in [3.63, 3.8) is 0 Å². The van der Waals surface area contributed by atoms with E-state index < -0.39 is 10.0 Å². The molecule has 2 bridgehead atoms. The molecule has 1 saturated carbocycles. The Hall–Kier alpha value is -0.870. The number of aryl methyl sites for hydroxylation is 2. The zero-order valence-corrected chi connectivity index (χ0v) is 15.1. The van der Waals surface area contributed by atoms with Crippen molar-refractivity contribution in [3.05, 3.63) is 29.3 Å². The van der Waals surface area contributed by atoms with Gasteiger partial charge in [0.15, 0.2) is 0 Å². The van der Waals surface area contributed by atoms with Crippen molar-refractivity contribution in [3.8, 4) is 0 Å². The molecule has 0 aromatic heterocycles. The summed E-state index contributed by atoms with van der Waals surface area (Å²) >= 11 is 0. The van der Waals surface area contributed by atoms with Gasteiger partial charge in [0.2, 0.25) is 10.0 Å². The fourth-order valence-corrected chi connectivity index (χ4v) is 6.89. The van der Waals surface area contributed by atoms with Gasteiger partial charge in [0.25, 0.3) is 0 Å². The fourth-order valence-electron chi connectivity index (χ4n) is 4.80. The van der Waals surface area contributed by atoms with Gasteiger partial charge < -0.3 is 0 Å². The second-order valence-corrected chi connectivity index (χ2v) is 10.4. The Bertz CT molecular complexity index is 708. The maximum atomic E-state index is 13.2. The molecule has 0 unspecified atom stereocenters. The Balaban J connectivity index is 2.02. The lowest BCUT2D eigenvalue weighted by Gasteiger charge is -2.39. The number of benzene rings is 1. The van der Waals surface area contributed by atoms with Gasteiger partial charge in [-0.2, -0.15) is 4.31 Å². The van der Waals surface area contributed by atoms with E-state index in [0.717, 1.165) is 30.4 Å². The third-order valence-electron chi connectivity index (χ3n) is 5.30. The van der Waals surface area contributed by atoms with Crippen molar-refractivity contribution >= 4 is 10.0 Å². The maximum Gasteiger partial charge on any atom is 0.243 e. The van der Waals surface area contributed by atoms with E-state index in [9.17, 15) is 8.42 Å². The smallest absolute Gasteiger partial charge is 0.207 e. The third kappa shape index (κ3) is 2.61. The summed E-state index contributed by atoms with van der Waals surface area (Å²) in [4.78, 5) is 0.487. The second-order valence-electron chi connectivity index (χ2n) is 8.53. The summed E-state index contributed by atoms with van der Waals surface area (Å²) in [5.74, 6) is 0. The first-order valence-electron chi connectivity index (χ1n) is 8.12. The van der Waals surface area contributed by atoms with Gasteiger partial charge in [-0.1, -0.05) is 32.9 Å². The van der Waals surface area contributed by atoms with Crippen LogP contribution in [-0.4, -0.2) is 25.3 Å². The van der Waals surface area contributed by atoms with Crippen molar-refractivity contribution in [2.75, 3.05) is 6.54 Å². The van der Waals surface area contributed by atoms with E-state index in [1.165, 1.54) is 0 Å². The van der Waals surface area contributed by atoms with Gasteiger partial charge in [0, 0.05) is 12.6 Å². The first-order chi connectivity index (χ1) is 10.0. The van der Waals surface area contributed by atoms with E-state index in [4.69, 9.17) is 0 Å². The number of fused-ring (bicyclic) bond motifs is 2. The van der Waals surface area contributed by atoms with Crippen molar-refractivity contribution in [2.24, 2.45) is 10.8 Å². The van der Waals surface area contributed by atoms with Gasteiger partial charge in [-0.25, -0.2) is 8.42 Å². The highest BCUT2D eigenvalue weighted by Gasteiger charge is 2.53. The van der Waals surface area contributed by atoms with Crippen LogP contribution in [0, 0.1) is 24.7 Å². The average Bonchev–Trinajstić information content (AvgIpc) is 2.62. The van der Waals surface area contributed by atoms with Crippen LogP contribution >= 0.6 is 0 Å². The topological polar surface area (TPSA) is 37.4 Å². The Kier molecular flexibility index (Phi) is 3.50. The van der Waals surface area contributed by atoms with E-state index >= 15 is 0 Å². The molecule has 1 aliphatic heterocycles. The van der Waals surface area contributed by atoms with Crippen LogP contribution in [0.15, 0.2) is 23.1 Å². The Morgan fingerprint density at radius 1 is 1.14 bits per heavy atom. The molecule has 122 valence electrons. The zero-order chi connectivity index (χ0) is 16.3. The van der Waals surface area contributed by atoms with E-state index in [-0.39, 0.29) is 16.9 Å². The molecule has 2 atom stereocenters. The summed E-state index contributed by atoms with van der Waals surface area (Å²) in [5, 5.41) is 0. The molecule has 3 nitrogen and oxygen atoms in total. The number of sulfonamides is 1. The lowest BCUT2D eigenvalue weighted by Crippen LogP contribution is -2.38. The molecule has 1 heterocycles. The molecule has 0 amide bonds. The average molecular weight is 321 g/mol. The highest BCUT2D eigenvalue weighted by atomic mass is 32.2. The zero-order valence-electron chi connectivity index (χ0n) is 14.3. The molecular weight excluding hydrogens is 294 g/mol. The molecule has 4 heteroatoms. The normalized spacial score (nSPS) is 31.4. The Morgan fingerprint density at radius 2 is 1.82 bits per heavy atom. The molecule has 0 N–H and O–H groups in total. The molecular formula is C18H27NO2S. The molecule has 0 spiro atoms. The third-order valence-corrected chi connectivity index (χ3v) is 7.34. The predicted octanol–water partition coefficient (Wildman–Crippen LogP) is 3.89. The minimum atomic E-state index is -3.40. The van der Waals surface area contributed by atoms with Gasteiger partial charge in [0.1, 0.15) is 0 Å². The van der Waals surface area contributed by atoms with Crippen LogP contribution in [0.5, 0.6) is 0 Å². The minimum Gasteiger partial charge on any atom is -0.207 e. The lowest BCUT2D eigenvalue weighted by atomic mass is 9.65. The molecule has 1 aliphatic carbocycles. The summed E-state index contributed by atoms with van der Waals surface area (Å²) in [6.45, 7) is 11.3. The van der Waals surface area contributed by atoms with Crippen molar-refractivity contribution in [1.82, 2.24) is 4.31 Å². The SMILES string of the molecule is Cc1ccc(C)c(S(=O)(=O)N2C[C@@]3(C)C[C@@H]2CC(C)(C)C3)c1. The Labute approximate surface area is 134 Å². The van der Waals surface area contributed by atoms with Crippen LogP contribution in [0.25, 0.3) is 0 Å². The van der Waals surface area contributed by atoms with E-state index in [1.54, 1.807) is 4.31 Å². The molecule has 1 aromatic rings. The number of hydrogen-bond donors (Lipinski definition) is 0. The number of rotatable bonds is 2. The highest BCUT2D eigenvalue weighted by Crippen LogP contribution is 2.53. The van der Waals surface area contributed by atoms with Gasteiger partial charge in [-0.3, -0.25) is 0 Å². The second kappa shape index (κ2) is 4.81. The van der Waals surface area contributed by atoms with Gasteiger partial charge in [0.05, 0.1) is 4.90 Å². The van der Waals surface area contributed by atoms with Crippen molar-refractivity contribution in [1.29, 1.82) is 0 Å². The van der Waals surface area contributed by atoms with Crippen molar-refractivity contribution in [2.45, 2.75) is 64.8 Å². The highest BCUT2D eigenvalue weighted by molar-refractivity contribution is 7.89. The van der Waals surface area contributed by atoms with E-state index in [0.29, 0.717) is 11.4 Å². The maximum absolute atomic E-state index is 13.2. The van der Waals surface area contributed by atoms with Crippen LogP contribution < -0.4 is 0 Å². The molecule has 2 aliphatic rings. The molecule has 3 rings (SSSR count). The van der Waals surface area contributed by atoms with Crippen LogP contribution in [0.3, 0.4) is 0 Å². The lowest BCUT2D eigenvalue weighted by molar-refractivity contribution is 0.133. The summed E-state index contributed by atoms with van der Waals surface area (Å²) < 4.78 is 28.3. The molecule has 1 saturated heterocycles. The van der Waals surface area contributed by atoms with Crippen LogP contribution in [0.4, 0.5) is 0 Å². The van der Waals surface area contributed by atoms with Crippen LogP contribution in [0.1, 0.15) is 51.2 Å². The standard InChI is InChI=1S/C18H27NO2S/c1-13-6-7-14(2)16(8-13)22(20,21)19-12-18(5)10-15(19)9-17(3,4)11-18/h6-8,15H,9-12H2,1-5H3/t15-,18-/m0/s1. The Morgan fingerprint density at radius 3 is 2.50 bits per heavy atom. The quantitative estimate of drug-likeness (QED) is 0.828. The van der Waals surface area contributed by atoms with Crippen molar-refractivity contribution < 1.29 is 8.42 Å². The summed E-state index contributed by atoms with van der Waals surface area (Å²) in [7, 11) is -3.40. The number of hydrogen-bond acceptors (Lipinski definition) is 2. The molecule has 1 aromatic carbocycles. The van der Waals surface area contributed by atoms with Gasteiger partial charge in [-0.05, 0) is 61.1 Å². The molecule has 22 heavy (non-hydrogen) atoms. The summed E-state index contributed by atoms with van der Waals surface area (Å²) in [5.41, 5.74) is 2.19. The minimum absolute atomic E-state index is 0.122. The van der Waals surface area contributed by atoms with Crippen LogP contribution in [-0.2, 0) is 10.0 Å². The van der Waals surface area contributed by atoms with E-state index in [2.05, 4.69) is 20.8 Å². The number of nitrogens with zero attached hydrogens (tertiary/aromatic N) is 1. The van der Waals surface area contributed by atoms with Gasteiger partial charge in [-0.15, -0.1) is 0 Å². The largest absolute Gasteiger partial charge is 0.243 e. The van der Waals surface area contributed by atoms with Gasteiger partial charge >= 0.3 is 0 Å². The van der Waals surface area contributed by atoms with Crippen LogP contribution in [0.2, 0.25) is 0 Å². The molecule has 2 fully saturated rings. The summed E-state index contributed by atoms with van der Waals surface area (Å²) in [6, 6.07) is 5.86.